The lowest BCUT2D eigenvalue weighted by molar-refractivity contribution is -0.384. The highest BCUT2D eigenvalue weighted by molar-refractivity contribution is 7.91. The number of nitrogens with one attached hydrogen (secondary N) is 1. The van der Waals surface area contributed by atoms with Crippen molar-refractivity contribution >= 4 is 44.1 Å². The number of nitro benzene ring substituents is 1. The fraction of sp³-hybridized carbons (Fsp3) is 0.0952. The lowest BCUT2D eigenvalue weighted by atomic mass is 10.0. The number of nitrogens with two attached hydrogens (primary N) is 1. The average molecular weight is 544 g/mol. The zero-order valence-electron chi connectivity index (χ0n) is 18.9. The molecule has 2 aromatic carbocycles. The summed E-state index contributed by atoms with van der Waals surface area (Å²) < 4.78 is 28.9. The first-order valence-electron chi connectivity index (χ1n) is 10.4. The molecule has 4 aromatic rings. The van der Waals surface area contributed by atoms with Gasteiger partial charge in [-0.2, -0.15) is 5.10 Å². The molecule has 2 heterocycles. The molecule has 14 nitrogen and oxygen atoms in total. The van der Waals surface area contributed by atoms with Crippen molar-refractivity contribution in [3.05, 3.63) is 76.0 Å². The molecule has 0 aliphatic carbocycles. The summed E-state index contributed by atoms with van der Waals surface area (Å²) in [5, 5.41) is 29.9. The number of amides is 1. The Bertz CT molecular complexity index is 1620. The number of non-ortho nitro benzene ring substituents is 1. The molecule has 1 amide bonds. The molecular formula is C21H17N7O7S2. The molecular weight excluding hydrogens is 526 g/mol. The van der Waals surface area contributed by atoms with Crippen molar-refractivity contribution < 1.29 is 27.7 Å². The number of hydrogen-bond acceptors (Lipinski definition) is 11. The predicted octanol–water partition coefficient (Wildman–Crippen LogP) is 2.38. The fourth-order valence-electron chi connectivity index (χ4n) is 3.29. The lowest BCUT2D eigenvalue weighted by Gasteiger charge is -2.10. The van der Waals surface area contributed by atoms with Crippen molar-refractivity contribution in [2.75, 3.05) is 11.9 Å². The summed E-state index contributed by atoms with van der Waals surface area (Å²) >= 11 is 0.503. The molecule has 0 bridgehead atoms. The van der Waals surface area contributed by atoms with Crippen LogP contribution in [0.25, 0.3) is 16.9 Å². The summed E-state index contributed by atoms with van der Waals surface area (Å²) in [6.45, 7) is 1.57. The van der Waals surface area contributed by atoms with Crippen LogP contribution in [0.3, 0.4) is 0 Å². The third-order valence-corrected chi connectivity index (χ3v) is 6.93. The van der Waals surface area contributed by atoms with E-state index < -0.39 is 36.9 Å². The maximum atomic E-state index is 13.3. The number of ether oxygens (including phenoxy) is 1. The van der Waals surface area contributed by atoms with Gasteiger partial charge in [-0.25, -0.2) is 23.0 Å². The monoisotopic (exact) mass is 543 g/mol. The van der Waals surface area contributed by atoms with E-state index in [4.69, 9.17) is 9.88 Å². The number of carbonyl (C=O) groups excluding carboxylic acids is 2. The molecule has 0 fully saturated rings. The maximum absolute atomic E-state index is 13.3. The summed E-state index contributed by atoms with van der Waals surface area (Å²) in [5.41, 5.74) is -0.0298. The summed E-state index contributed by atoms with van der Waals surface area (Å²) in [5.74, 6) is -1.80. The zero-order valence-corrected chi connectivity index (χ0v) is 20.5. The minimum absolute atomic E-state index is 0.00969. The van der Waals surface area contributed by atoms with Crippen LogP contribution < -0.4 is 10.5 Å². The van der Waals surface area contributed by atoms with Gasteiger partial charge in [0.1, 0.15) is 5.56 Å². The molecule has 190 valence electrons. The highest BCUT2D eigenvalue weighted by Gasteiger charge is 2.31. The van der Waals surface area contributed by atoms with Crippen LogP contribution in [0.4, 0.5) is 10.8 Å². The number of nitro groups is 1. The van der Waals surface area contributed by atoms with Crippen LogP contribution in [0.2, 0.25) is 0 Å². The molecule has 0 unspecified atom stereocenters. The maximum Gasteiger partial charge on any atom is 0.342 e. The number of benzene rings is 2. The van der Waals surface area contributed by atoms with Crippen molar-refractivity contribution in [3.63, 3.8) is 0 Å². The fourth-order valence-corrected chi connectivity index (χ4v) is 4.62. The van der Waals surface area contributed by atoms with Crippen molar-refractivity contribution in [2.24, 2.45) is 5.14 Å². The summed E-state index contributed by atoms with van der Waals surface area (Å²) in [6, 6.07) is 13.9. The van der Waals surface area contributed by atoms with E-state index in [2.05, 4.69) is 20.6 Å². The first-order valence-corrected chi connectivity index (χ1v) is 12.7. The standard InChI is InChI=1S/C21H17N7O7S2/c1-2-35-19(30)15-16(18(29)23-20-24-25-21(36-20)37(22,33)34)26-27(17(15)12-7-4-3-5-8-12)13-9-6-10-14(11-13)28(31)32/h3-11H,2H2,1H3,(H2,22,33,34)(H,23,24,29). The van der Waals surface area contributed by atoms with Gasteiger partial charge in [-0.05, 0) is 13.0 Å². The first kappa shape index (κ1) is 25.5. The summed E-state index contributed by atoms with van der Waals surface area (Å²) in [6.07, 6.45) is 0. The number of aromatic nitrogens is 4. The number of rotatable bonds is 8. The van der Waals surface area contributed by atoms with Gasteiger partial charge >= 0.3 is 5.97 Å². The molecule has 4 rings (SSSR count). The quantitative estimate of drug-likeness (QED) is 0.144. The molecule has 2 aromatic heterocycles. The number of carbonyl (C=O) groups is 2. The van der Waals surface area contributed by atoms with Gasteiger partial charge in [0.25, 0.3) is 21.6 Å². The van der Waals surface area contributed by atoms with Crippen LogP contribution in [0.15, 0.2) is 58.9 Å². The van der Waals surface area contributed by atoms with Crippen LogP contribution in [0.5, 0.6) is 0 Å². The predicted molar refractivity (Wildman–Crippen MR) is 131 cm³/mol. The zero-order chi connectivity index (χ0) is 26.7. The Kier molecular flexibility index (Phi) is 7.05. The molecule has 0 saturated carbocycles. The van der Waals surface area contributed by atoms with Crippen LogP contribution in [0, 0.1) is 10.1 Å². The number of primary sulfonamides is 1. The van der Waals surface area contributed by atoms with Crippen LogP contribution >= 0.6 is 11.3 Å². The smallest absolute Gasteiger partial charge is 0.342 e. The van der Waals surface area contributed by atoms with Gasteiger partial charge in [0.2, 0.25) is 9.47 Å². The second-order valence-electron chi connectivity index (χ2n) is 7.22. The summed E-state index contributed by atoms with van der Waals surface area (Å²) in [4.78, 5) is 37.1. The number of sulfonamides is 1. The topological polar surface area (TPSA) is 202 Å². The van der Waals surface area contributed by atoms with Gasteiger partial charge in [-0.3, -0.25) is 20.2 Å². The minimum atomic E-state index is -4.15. The summed E-state index contributed by atoms with van der Waals surface area (Å²) in [7, 11) is -4.15. The van der Waals surface area contributed by atoms with E-state index in [1.807, 2.05) is 0 Å². The normalized spacial score (nSPS) is 11.2. The average Bonchev–Trinajstić information content (AvgIpc) is 3.50. The highest BCUT2D eigenvalue weighted by atomic mass is 32.2. The van der Waals surface area contributed by atoms with E-state index in [0.29, 0.717) is 16.9 Å². The number of anilines is 1. The molecule has 37 heavy (non-hydrogen) atoms. The first-order chi connectivity index (χ1) is 17.6. The van der Waals surface area contributed by atoms with E-state index in [-0.39, 0.29) is 34.4 Å². The van der Waals surface area contributed by atoms with E-state index in [1.165, 1.54) is 28.9 Å². The third kappa shape index (κ3) is 5.35. The van der Waals surface area contributed by atoms with Crippen LogP contribution in [0.1, 0.15) is 27.8 Å². The Morgan fingerprint density at radius 1 is 1.16 bits per heavy atom. The van der Waals surface area contributed by atoms with Gasteiger partial charge in [0.15, 0.2) is 5.69 Å². The molecule has 0 aliphatic heterocycles. The van der Waals surface area contributed by atoms with Crippen molar-refractivity contribution in [3.8, 4) is 16.9 Å². The second-order valence-corrected chi connectivity index (χ2v) is 9.93. The molecule has 3 N–H and O–H groups in total. The Morgan fingerprint density at radius 2 is 1.89 bits per heavy atom. The third-order valence-electron chi connectivity index (χ3n) is 4.78. The van der Waals surface area contributed by atoms with Gasteiger partial charge in [0.05, 0.1) is 22.9 Å². The second kappa shape index (κ2) is 10.2. The molecule has 0 aliphatic rings. The van der Waals surface area contributed by atoms with Gasteiger partial charge in [-0.1, -0.05) is 47.7 Å². The van der Waals surface area contributed by atoms with Gasteiger partial charge in [-0.15, -0.1) is 10.2 Å². The van der Waals surface area contributed by atoms with Crippen molar-refractivity contribution in [1.29, 1.82) is 0 Å². The Morgan fingerprint density at radius 3 is 2.51 bits per heavy atom. The Balaban J connectivity index is 1.92. The molecule has 0 spiro atoms. The minimum Gasteiger partial charge on any atom is -0.462 e. The van der Waals surface area contributed by atoms with E-state index in [0.717, 1.165) is 0 Å². The number of esters is 1. The van der Waals surface area contributed by atoms with E-state index in [9.17, 15) is 28.1 Å². The van der Waals surface area contributed by atoms with Gasteiger partial charge < -0.3 is 4.74 Å². The van der Waals surface area contributed by atoms with Crippen molar-refractivity contribution in [2.45, 2.75) is 11.3 Å². The van der Waals surface area contributed by atoms with Crippen LogP contribution in [-0.4, -0.2) is 51.8 Å². The van der Waals surface area contributed by atoms with E-state index in [1.54, 1.807) is 37.3 Å². The lowest BCUT2D eigenvalue weighted by Crippen LogP contribution is -2.17. The van der Waals surface area contributed by atoms with E-state index >= 15 is 0 Å². The number of nitrogens with zero attached hydrogens (tertiary/aromatic N) is 5. The van der Waals surface area contributed by atoms with Crippen molar-refractivity contribution in [1.82, 2.24) is 20.0 Å². The molecule has 0 saturated heterocycles. The number of hydrogen-bond donors (Lipinski definition) is 2. The van der Waals surface area contributed by atoms with Crippen LogP contribution in [-0.2, 0) is 14.8 Å². The largest absolute Gasteiger partial charge is 0.462 e. The molecule has 0 atom stereocenters. The SMILES string of the molecule is CCOC(=O)c1c(C(=O)Nc2nnc(S(N)(=O)=O)s2)nn(-c2cccc([N+](=O)[O-])c2)c1-c1ccccc1. The Labute approximate surface area is 212 Å². The van der Waals surface area contributed by atoms with Gasteiger partial charge in [0, 0.05) is 17.7 Å². The highest BCUT2D eigenvalue weighted by Crippen LogP contribution is 2.32. The molecule has 0 radical (unpaired) electrons. The molecule has 16 heteroatoms. The Hall–Kier alpha value is -4.54.